The molecule has 92 valence electrons. The second kappa shape index (κ2) is 16.5. The molecule has 0 saturated heterocycles. The largest absolute Gasteiger partial charge is 3.00 e. The van der Waals surface area contributed by atoms with Gasteiger partial charge in [-0.15, -0.1) is 0 Å². The minimum Gasteiger partial charge on any atom is -0.791 e. The van der Waals surface area contributed by atoms with Crippen LogP contribution < -0.4 is 5.73 Å². The summed E-state index contributed by atoms with van der Waals surface area (Å²) in [7, 11) is 0. The van der Waals surface area contributed by atoms with E-state index in [9.17, 15) is 4.79 Å². The fourth-order valence-corrected chi connectivity index (χ4v) is 0.214. The molecule has 0 aliphatic carbocycles. The van der Waals surface area contributed by atoms with E-state index in [4.69, 9.17) is 41.5 Å². The third-order valence-corrected chi connectivity index (χ3v) is 0.856. The Morgan fingerprint density at radius 3 is 1.44 bits per heavy atom. The summed E-state index contributed by atoms with van der Waals surface area (Å²) in [5, 5.41) is 37.5. The first-order valence-electron chi connectivity index (χ1n) is 2.84. The van der Waals surface area contributed by atoms with Crippen molar-refractivity contribution in [2.24, 2.45) is 5.73 Å². The van der Waals surface area contributed by atoms with Crippen molar-refractivity contribution in [2.45, 2.75) is 6.04 Å². The van der Waals surface area contributed by atoms with Crippen LogP contribution in [-0.4, -0.2) is 59.2 Å². The van der Waals surface area contributed by atoms with Crippen LogP contribution in [0.25, 0.3) is 0 Å². The molecule has 2 radical (unpaired) electrons. The van der Waals surface area contributed by atoms with Gasteiger partial charge in [-0.05, 0) is 0 Å². The molecule has 0 aromatic rings. The van der Waals surface area contributed by atoms with Crippen molar-refractivity contribution in [3.05, 3.63) is 30.6 Å². The van der Waals surface area contributed by atoms with Crippen LogP contribution in [0.3, 0.4) is 0 Å². The fraction of sp³-hybridized carbons (Fsp3) is 0.667. The van der Waals surface area contributed by atoms with Crippen LogP contribution in [0.5, 0.6) is 0 Å². The van der Waals surface area contributed by atoms with E-state index in [-0.39, 0.29) is 32.0 Å². The van der Waals surface area contributed by atoms with E-state index in [0.717, 1.165) is 0 Å². The van der Waals surface area contributed by atoms with Gasteiger partial charge in [-0.1, -0.05) is 0 Å². The van der Waals surface area contributed by atoms with Gasteiger partial charge in [0, 0.05) is 0 Å². The van der Waals surface area contributed by atoms with Gasteiger partial charge in [-0.3, -0.25) is 4.79 Å². The van der Waals surface area contributed by atoms with Crippen LogP contribution in [0.2, 0.25) is 0 Å². The number of rotatable bonds is 2. The topological polar surface area (TPSA) is 196 Å². The average Bonchev–Trinajstić information content (AvgIpc) is 2.00. The van der Waals surface area contributed by atoms with Crippen molar-refractivity contribution in [2.75, 3.05) is 5.75 Å². The summed E-state index contributed by atoms with van der Waals surface area (Å²) in [5.41, 5.74) is 4.91. The van der Waals surface area contributed by atoms with E-state index in [2.05, 4.69) is 12.6 Å². The second-order valence-corrected chi connectivity index (χ2v) is 1.89. The Bertz CT molecular complexity index is 195. The average molecular weight is 453 g/mol. The SMILES string of the molecule is NC(C[S-])C(=O)O.O=[N+]([O-])[O-].O=[N+]([O-])[O-].[Bi+3]. The van der Waals surface area contributed by atoms with Crippen molar-refractivity contribution < 1.29 is 20.1 Å². The van der Waals surface area contributed by atoms with Crippen LogP contribution in [-0.2, 0) is 17.4 Å². The third-order valence-electron chi connectivity index (χ3n) is 0.497. The first-order chi connectivity index (χ1) is 6.64. The van der Waals surface area contributed by atoms with E-state index < -0.39 is 22.2 Å². The molecular weight excluding hydrogens is 447 g/mol. The molecular formula is C3H6BiN3O8S. The molecule has 3 N–H and O–H groups in total. The Morgan fingerprint density at radius 2 is 1.44 bits per heavy atom. The van der Waals surface area contributed by atoms with Crippen LogP contribution >= 0.6 is 0 Å². The number of nitrogens with two attached hydrogens (primary N) is 1. The maximum Gasteiger partial charge on any atom is 3.00 e. The van der Waals surface area contributed by atoms with Gasteiger partial charge in [0.05, 0.1) is 16.2 Å². The minimum absolute atomic E-state index is 0. The number of hydrogen-bond donors (Lipinski definition) is 2. The molecule has 0 rings (SSSR count). The molecule has 16 heavy (non-hydrogen) atoms. The zero-order valence-electron chi connectivity index (χ0n) is 7.42. The summed E-state index contributed by atoms with van der Waals surface area (Å²) < 4.78 is 0. The van der Waals surface area contributed by atoms with E-state index in [1.807, 2.05) is 0 Å². The monoisotopic (exact) mass is 453 g/mol. The van der Waals surface area contributed by atoms with Gasteiger partial charge in [0.25, 0.3) is 0 Å². The van der Waals surface area contributed by atoms with Gasteiger partial charge in [0.15, 0.2) is 0 Å². The van der Waals surface area contributed by atoms with Crippen LogP contribution in [0, 0.1) is 30.6 Å². The van der Waals surface area contributed by atoms with E-state index >= 15 is 0 Å². The van der Waals surface area contributed by atoms with E-state index in [1.165, 1.54) is 0 Å². The molecule has 0 aromatic carbocycles. The summed E-state index contributed by atoms with van der Waals surface area (Å²) in [6, 6.07) is -0.866. The van der Waals surface area contributed by atoms with Gasteiger partial charge >= 0.3 is 32.2 Å². The molecule has 0 aliphatic heterocycles. The Labute approximate surface area is 113 Å². The Hall–Kier alpha value is -0.937. The Balaban J connectivity index is -0.0000000700. The molecule has 13 heteroatoms. The molecule has 0 saturated carbocycles. The molecule has 0 amide bonds. The molecule has 0 heterocycles. The smallest absolute Gasteiger partial charge is 0.791 e. The maximum absolute atomic E-state index is 9.74. The van der Waals surface area contributed by atoms with Gasteiger partial charge < -0.3 is 54.1 Å². The van der Waals surface area contributed by atoms with Crippen LogP contribution in [0.1, 0.15) is 0 Å². The fourth-order valence-electron chi connectivity index (χ4n) is 0.0713. The molecule has 11 nitrogen and oxygen atoms in total. The number of carbonyl (C=O) groups is 1. The quantitative estimate of drug-likeness (QED) is 0.206. The zero-order valence-corrected chi connectivity index (χ0v) is 11.7. The van der Waals surface area contributed by atoms with Crippen molar-refractivity contribution >= 4 is 44.8 Å². The Morgan fingerprint density at radius 1 is 1.25 bits per heavy atom. The van der Waals surface area contributed by atoms with Crippen molar-refractivity contribution in [1.82, 2.24) is 0 Å². The van der Waals surface area contributed by atoms with Crippen molar-refractivity contribution in [1.29, 1.82) is 0 Å². The Kier molecular flexibility index (Phi) is 25.1. The summed E-state index contributed by atoms with van der Waals surface area (Å²) in [6.45, 7) is 0. The maximum atomic E-state index is 9.74. The standard InChI is InChI=1S/C3H7NO2S.Bi.2NO3/c4-2(1-7)3(5)6;;2*2-1(3)4/h2,7H,1,4H2,(H,5,6);;;/q;+3;2*-1/p-1. The van der Waals surface area contributed by atoms with Crippen LogP contribution in [0.4, 0.5) is 0 Å². The zero-order chi connectivity index (χ0) is 13.0. The predicted molar refractivity (Wildman–Crippen MR) is 54.3 cm³/mol. The third kappa shape index (κ3) is 74.2. The molecule has 0 fully saturated rings. The number of hydrogen-bond acceptors (Lipinski definition) is 9. The first-order valence-corrected chi connectivity index (χ1v) is 3.42. The molecule has 1 atom stereocenters. The predicted octanol–water partition coefficient (Wildman–Crippen LogP) is -1.91. The second-order valence-electron chi connectivity index (χ2n) is 1.56. The summed E-state index contributed by atoms with van der Waals surface area (Å²) >= 11 is 4.35. The van der Waals surface area contributed by atoms with E-state index in [1.54, 1.807) is 0 Å². The summed E-state index contributed by atoms with van der Waals surface area (Å²) in [6.07, 6.45) is 0. The van der Waals surface area contributed by atoms with Crippen LogP contribution in [0.15, 0.2) is 0 Å². The van der Waals surface area contributed by atoms with Crippen molar-refractivity contribution in [3.63, 3.8) is 0 Å². The first kappa shape index (κ1) is 24.3. The number of carboxylic acids is 1. The van der Waals surface area contributed by atoms with Gasteiger partial charge in [0.2, 0.25) is 0 Å². The van der Waals surface area contributed by atoms with Gasteiger partial charge in [-0.2, -0.15) is 5.75 Å². The molecule has 0 aromatic heterocycles. The molecule has 1 unspecified atom stereocenters. The number of aliphatic carboxylic acids is 1. The number of carboxylic acid groups (broad SMARTS) is 1. The normalized spacial score (nSPS) is 8.88. The summed E-state index contributed by atoms with van der Waals surface area (Å²) in [5.74, 6) is -0.954. The molecule has 0 aliphatic rings. The van der Waals surface area contributed by atoms with Crippen molar-refractivity contribution in [3.8, 4) is 0 Å². The molecule has 0 spiro atoms. The minimum atomic E-state index is -1.75. The van der Waals surface area contributed by atoms with E-state index in [0.29, 0.717) is 0 Å². The molecule has 0 bridgehead atoms. The summed E-state index contributed by atoms with van der Waals surface area (Å²) in [4.78, 5) is 26.2. The number of nitrogens with zero attached hydrogens (tertiary/aromatic N) is 2. The van der Waals surface area contributed by atoms with Gasteiger partial charge in [-0.25, -0.2) is 0 Å². The van der Waals surface area contributed by atoms with Gasteiger partial charge in [0.1, 0.15) is 0 Å².